The van der Waals surface area contributed by atoms with Gasteiger partial charge < -0.3 is 9.64 Å². The minimum absolute atomic E-state index is 0.252. The maximum absolute atomic E-state index is 12.5. The van der Waals surface area contributed by atoms with Crippen LogP contribution >= 0.6 is 0 Å². The Morgan fingerprint density at radius 2 is 1.87 bits per heavy atom. The molecule has 5 heteroatoms. The molecule has 0 bridgehead atoms. The average Bonchev–Trinajstić information content (AvgIpc) is 2.62. The van der Waals surface area contributed by atoms with Gasteiger partial charge >= 0.3 is 0 Å². The Morgan fingerprint density at radius 3 is 2.65 bits per heavy atom. The normalized spacial score (nSPS) is 28.0. The number of amides is 1. The number of hydrogen-bond donors (Lipinski definition) is 0. The molecule has 0 radical (unpaired) electrons. The quantitative estimate of drug-likeness (QED) is 0.779. The Balaban J connectivity index is 1.39. The fraction of sp³-hybridized carbons (Fsp3) is 0.944. The topological polar surface area (TPSA) is 42.0 Å². The molecule has 2 aliphatic heterocycles. The van der Waals surface area contributed by atoms with Crippen molar-refractivity contribution in [3.05, 3.63) is 0 Å². The predicted molar refractivity (Wildman–Crippen MR) is 88.9 cm³/mol. The van der Waals surface area contributed by atoms with Crippen LogP contribution in [0.4, 0.5) is 0 Å². The van der Waals surface area contributed by atoms with Crippen molar-refractivity contribution in [1.29, 1.82) is 0 Å². The molecule has 1 atom stereocenters. The zero-order chi connectivity index (χ0) is 15.9. The van der Waals surface area contributed by atoms with Gasteiger partial charge in [-0.2, -0.15) is 5.06 Å². The van der Waals surface area contributed by atoms with Crippen LogP contribution in [0.3, 0.4) is 0 Å². The molecule has 1 amide bonds. The molecule has 5 nitrogen and oxygen atoms in total. The van der Waals surface area contributed by atoms with Gasteiger partial charge in [0.05, 0.1) is 19.3 Å². The van der Waals surface area contributed by atoms with E-state index < -0.39 is 0 Å². The average molecular weight is 324 g/mol. The van der Waals surface area contributed by atoms with Crippen LogP contribution in [-0.4, -0.2) is 61.4 Å². The highest BCUT2D eigenvalue weighted by atomic mass is 16.7. The van der Waals surface area contributed by atoms with Crippen LogP contribution in [0.5, 0.6) is 0 Å². The van der Waals surface area contributed by atoms with Gasteiger partial charge in [-0.3, -0.25) is 9.63 Å². The number of carbonyl (C=O) groups is 1. The van der Waals surface area contributed by atoms with Gasteiger partial charge in [-0.1, -0.05) is 32.1 Å². The third-order valence-corrected chi connectivity index (χ3v) is 5.46. The summed E-state index contributed by atoms with van der Waals surface area (Å²) in [6.07, 6.45) is 11.1. The zero-order valence-corrected chi connectivity index (χ0v) is 14.4. The summed E-state index contributed by atoms with van der Waals surface area (Å²) in [4.78, 5) is 20.1. The van der Waals surface area contributed by atoms with Crippen LogP contribution in [0, 0.1) is 5.92 Å². The summed E-state index contributed by atoms with van der Waals surface area (Å²) in [5.74, 6) is 1.07. The number of carbonyl (C=O) groups excluding carboxylic acids is 1. The lowest BCUT2D eigenvalue weighted by molar-refractivity contribution is -0.183. The van der Waals surface area contributed by atoms with Crippen molar-refractivity contribution in [3.8, 4) is 0 Å². The standard InChI is InChI=1S/C18H32N2O3/c21-18(8-10-20-9-4-5-12-23-20)19-11-13-22-17(15-19)14-16-6-2-1-3-7-16/h16-17H,1-15H2/t17-/m1/s1. The summed E-state index contributed by atoms with van der Waals surface area (Å²) in [5, 5.41) is 1.96. The summed E-state index contributed by atoms with van der Waals surface area (Å²) in [6, 6.07) is 0. The van der Waals surface area contributed by atoms with E-state index in [1.165, 1.54) is 38.5 Å². The molecule has 132 valence electrons. The van der Waals surface area contributed by atoms with Crippen LogP contribution < -0.4 is 0 Å². The highest BCUT2D eigenvalue weighted by molar-refractivity contribution is 5.76. The van der Waals surface area contributed by atoms with Crippen molar-refractivity contribution in [3.63, 3.8) is 0 Å². The molecule has 2 heterocycles. The van der Waals surface area contributed by atoms with Gasteiger partial charge in [-0.05, 0) is 25.2 Å². The third-order valence-electron chi connectivity index (χ3n) is 5.46. The largest absolute Gasteiger partial charge is 0.375 e. The van der Waals surface area contributed by atoms with E-state index in [1.54, 1.807) is 0 Å². The van der Waals surface area contributed by atoms with E-state index in [0.717, 1.165) is 51.5 Å². The van der Waals surface area contributed by atoms with Crippen LogP contribution in [-0.2, 0) is 14.4 Å². The van der Waals surface area contributed by atoms with E-state index in [1.807, 2.05) is 9.96 Å². The molecule has 0 N–H and O–H groups in total. The summed E-state index contributed by atoms with van der Waals surface area (Å²) in [7, 11) is 0. The summed E-state index contributed by atoms with van der Waals surface area (Å²) < 4.78 is 5.93. The first kappa shape index (κ1) is 17.2. The van der Waals surface area contributed by atoms with Gasteiger partial charge in [0.25, 0.3) is 0 Å². The predicted octanol–water partition coefficient (Wildman–Crippen LogP) is 2.60. The smallest absolute Gasteiger partial charge is 0.224 e. The van der Waals surface area contributed by atoms with E-state index >= 15 is 0 Å². The minimum Gasteiger partial charge on any atom is -0.375 e. The van der Waals surface area contributed by atoms with E-state index in [0.29, 0.717) is 13.0 Å². The van der Waals surface area contributed by atoms with Gasteiger partial charge in [0.15, 0.2) is 0 Å². The number of rotatable bonds is 5. The van der Waals surface area contributed by atoms with E-state index in [4.69, 9.17) is 9.57 Å². The molecule has 0 unspecified atom stereocenters. The lowest BCUT2D eigenvalue weighted by Gasteiger charge is -2.36. The first-order chi connectivity index (χ1) is 11.3. The fourth-order valence-corrected chi connectivity index (χ4v) is 4.09. The van der Waals surface area contributed by atoms with Crippen molar-refractivity contribution in [2.75, 3.05) is 39.4 Å². The maximum Gasteiger partial charge on any atom is 0.224 e. The van der Waals surface area contributed by atoms with Crippen molar-refractivity contribution in [2.24, 2.45) is 5.92 Å². The Kier molecular flexibility index (Phi) is 6.72. The second-order valence-corrected chi connectivity index (χ2v) is 7.29. The Hall–Kier alpha value is -0.650. The van der Waals surface area contributed by atoms with Crippen molar-refractivity contribution in [1.82, 2.24) is 9.96 Å². The third kappa shape index (κ3) is 5.44. The van der Waals surface area contributed by atoms with Crippen LogP contribution in [0.1, 0.15) is 57.8 Å². The molecular formula is C18H32N2O3. The molecule has 3 rings (SSSR count). The summed E-state index contributed by atoms with van der Waals surface area (Å²) in [6.45, 7) is 4.72. The SMILES string of the molecule is O=C(CCN1CCCCO1)N1CCO[C@H](CC2CCCCC2)C1. The second kappa shape index (κ2) is 9.00. The number of morpholine rings is 1. The Morgan fingerprint density at radius 1 is 1.00 bits per heavy atom. The molecule has 3 aliphatic rings. The zero-order valence-electron chi connectivity index (χ0n) is 14.4. The first-order valence-electron chi connectivity index (χ1n) is 9.58. The molecule has 0 aromatic heterocycles. The highest BCUT2D eigenvalue weighted by Crippen LogP contribution is 2.29. The van der Waals surface area contributed by atoms with Crippen LogP contribution in [0.2, 0.25) is 0 Å². The monoisotopic (exact) mass is 324 g/mol. The van der Waals surface area contributed by atoms with Gasteiger partial charge in [-0.15, -0.1) is 0 Å². The first-order valence-corrected chi connectivity index (χ1v) is 9.58. The lowest BCUT2D eigenvalue weighted by atomic mass is 9.85. The molecule has 23 heavy (non-hydrogen) atoms. The van der Waals surface area contributed by atoms with E-state index in [9.17, 15) is 4.79 Å². The molecular weight excluding hydrogens is 292 g/mol. The van der Waals surface area contributed by atoms with Crippen LogP contribution in [0.25, 0.3) is 0 Å². The molecule has 1 aliphatic carbocycles. The number of ether oxygens (including phenoxy) is 1. The lowest BCUT2D eigenvalue weighted by Crippen LogP contribution is -2.47. The van der Waals surface area contributed by atoms with Crippen LogP contribution in [0.15, 0.2) is 0 Å². The number of hydroxylamine groups is 2. The number of nitrogens with zero attached hydrogens (tertiary/aromatic N) is 2. The fourth-order valence-electron chi connectivity index (χ4n) is 4.09. The van der Waals surface area contributed by atoms with Crippen molar-refractivity contribution < 1.29 is 14.4 Å². The molecule has 0 aromatic carbocycles. The molecule has 3 fully saturated rings. The van der Waals surface area contributed by atoms with Gasteiger partial charge in [0, 0.05) is 32.6 Å². The summed E-state index contributed by atoms with van der Waals surface area (Å²) >= 11 is 0. The summed E-state index contributed by atoms with van der Waals surface area (Å²) in [5.41, 5.74) is 0. The maximum atomic E-state index is 12.5. The molecule has 0 aromatic rings. The van der Waals surface area contributed by atoms with E-state index in [-0.39, 0.29) is 12.0 Å². The van der Waals surface area contributed by atoms with Crippen molar-refractivity contribution >= 4 is 5.91 Å². The minimum atomic E-state index is 0.252. The number of hydrogen-bond acceptors (Lipinski definition) is 4. The Bertz CT molecular complexity index is 365. The van der Waals surface area contributed by atoms with Gasteiger partial charge in [0.1, 0.15) is 0 Å². The van der Waals surface area contributed by atoms with E-state index in [2.05, 4.69) is 0 Å². The van der Waals surface area contributed by atoms with Crippen molar-refractivity contribution in [2.45, 2.75) is 63.9 Å². The van der Waals surface area contributed by atoms with Gasteiger partial charge in [0.2, 0.25) is 5.91 Å². The molecule has 1 saturated carbocycles. The molecule has 0 spiro atoms. The second-order valence-electron chi connectivity index (χ2n) is 7.29. The van der Waals surface area contributed by atoms with Gasteiger partial charge in [-0.25, -0.2) is 0 Å². The highest BCUT2D eigenvalue weighted by Gasteiger charge is 2.27. The Labute approximate surface area is 140 Å². The molecule has 2 saturated heterocycles.